The van der Waals surface area contributed by atoms with Crippen molar-refractivity contribution >= 4 is 29.5 Å². The molecule has 0 amide bonds. The number of benzene rings is 1. The number of carbonyl (C=O) groups is 1. The Morgan fingerprint density at radius 1 is 1.22 bits per heavy atom. The van der Waals surface area contributed by atoms with Gasteiger partial charge in [-0.3, -0.25) is 4.79 Å². The monoisotopic (exact) mass is 258 g/mol. The minimum atomic E-state index is -0.795. The van der Waals surface area contributed by atoms with Gasteiger partial charge in [-0.05, 0) is 35.6 Å². The Labute approximate surface area is 110 Å². The second-order valence-corrected chi connectivity index (χ2v) is 5.05. The molecule has 0 bridgehead atoms. The summed E-state index contributed by atoms with van der Waals surface area (Å²) in [5, 5.41) is 11.0. The van der Waals surface area contributed by atoms with Gasteiger partial charge in [0.15, 0.2) is 0 Å². The van der Waals surface area contributed by atoms with Gasteiger partial charge < -0.3 is 5.11 Å². The zero-order valence-electron chi connectivity index (χ0n) is 10.0. The lowest BCUT2D eigenvalue weighted by atomic mass is 10.00. The smallest absolute Gasteiger partial charge is 0.310 e. The molecule has 0 fully saturated rings. The minimum Gasteiger partial charge on any atom is -0.481 e. The number of hydrogen-bond acceptors (Lipinski definition) is 2. The highest BCUT2D eigenvalue weighted by molar-refractivity contribution is 7.10. The summed E-state index contributed by atoms with van der Waals surface area (Å²) in [5.74, 6) is -1.25. The highest BCUT2D eigenvalue weighted by Gasteiger charge is 2.12. The summed E-state index contributed by atoms with van der Waals surface area (Å²) in [6.07, 6.45) is 4.08. The number of hydrogen-bond donors (Lipinski definition) is 1. The molecule has 3 heteroatoms. The van der Waals surface area contributed by atoms with Crippen LogP contribution in [-0.4, -0.2) is 11.1 Å². The second-order valence-electron chi connectivity index (χ2n) is 4.08. The molecule has 18 heavy (non-hydrogen) atoms. The van der Waals surface area contributed by atoms with E-state index in [4.69, 9.17) is 5.11 Å². The van der Waals surface area contributed by atoms with E-state index in [-0.39, 0.29) is 0 Å². The largest absolute Gasteiger partial charge is 0.481 e. The second kappa shape index (κ2) is 5.65. The predicted molar refractivity (Wildman–Crippen MR) is 75.7 cm³/mol. The summed E-state index contributed by atoms with van der Waals surface area (Å²) in [6, 6.07) is 11.7. The van der Waals surface area contributed by atoms with Gasteiger partial charge in [0.2, 0.25) is 0 Å². The lowest BCUT2D eigenvalue weighted by Gasteiger charge is -2.06. The van der Waals surface area contributed by atoms with Gasteiger partial charge >= 0.3 is 5.97 Å². The molecule has 1 aromatic carbocycles. The first-order chi connectivity index (χ1) is 8.66. The third-order valence-electron chi connectivity index (χ3n) is 2.79. The molecule has 0 saturated carbocycles. The molecule has 2 aromatic rings. The van der Waals surface area contributed by atoms with Crippen LogP contribution in [0.4, 0.5) is 0 Å². The standard InChI is InChI=1S/C15H14O2S/c1-11(15(16)17)13-7-4-12(5-8-13)6-9-14-3-2-10-18-14/h2-11H,1H3,(H,16,17). The van der Waals surface area contributed by atoms with Crippen LogP contribution in [0.1, 0.15) is 28.8 Å². The Hall–Kier alpha value is -1.87. The third-order valence-corrected chi connectivity index (χ3v) is 3.63. The highest BCUT2D eigenvalue weighted by Crippen LogP contribution is 2.18. The van der Waals surface area contributed by atoms with Crippen molar-refractivity contribution in [1.29, 1.82) is 0 Å². The van der Waals surface area contributed by atoms with Gasteiger partial charge in [0.25, 0.3) is 0 Å². The van der Waals surface area contributed by atoms with Gasteiger partial charge in [0.05, 0.1) is 5.92 Å². The zero-order chi connectivity index (χ0) is 13.0. The molecule has 1 aromatic heterocycles. The average molecular weight is 258 g/mol. The van der Waals surface area contributed by atoms with Crippen LogP contribution in [0.25, 0.3) is 12.2 Å². The van der Waals surface area contributed by atoms with Crippen molar-refractivity contribution < 1.29 is 9.90 Å². The number of thiophene rings is 1. The third kappa shape index (κ3) is 3.08. The lowest BCUT2D eigenvalue weighted by molar-refractivity contribution is -0.138. The molecule has 0 saturated heterocycles. The zero-order valence-corrected chi connectivity index (χ0v) is 10.9. The van der Waals surface area contributed by atoms with Gasteiger partial charge in [-0.1, -0.05) is 36.4 Å². The maximum absolute atomic E-state index is 10.9. The summed E-state index contributed by atoms with van der Waals surface area (Å²) in [7, 11) is 0. The maximum atomic E-state index is 10.9. The van der Waals surface area contributed by atoms with E-state index in [1.54, 1.807) is 18.3 Å². The molecule has 0 aliphatic rings. The van der Waals surface area contributed by atoms with Crippen LogP contribution in [-0.2, 0) is 4.79 Å². The normalized spacial score (nSPS) is 12.7. The van der Waals surface area contributed by atoms with Crippen molar-refractivity contribution in [2.24, 2.45) is 0 Å². The van der Waals surface area contributed by atoms with Gasteiger partial charge in [-0.15, -0.1) is 11.3 Å². The molecule has 1 heterocycles. The molecular formula is C15H14O2S. The number of carboxylic acids is 1. The van der Waals surface area contributed by atoms with Crippen molar-refractivity contribution in [3.8, 4) is 0 Å². The Kier molecular flexibility index (Phi) is 3.95. The first-order valence-corrected chi connectivity index (χ1v) is 6.59. The molecule has 0 aliphatic heterocycles. The quantitative estimate of drug-likeness (QED) is 0.896. The summed E-state index contributed by atoms with van der Waals surface area (Å²) in [4.78, 5) is 12.1. The molecule has 0 radical (unpaired) electrons. The Balaban J connectivity index is 2.11. The number of carboxylic acid groups (broad SMARTS) is 1. The van der Waals surface area contributed by atoms with Crippen LogP contribution < -0.4 is 0 Å². The SMILES string of the molecule is CC(C(=O)O)c1ccc(C=Cc2cccs2)cc1. The highest BCUT2D eigenvalue weighted by atomic mass is 32.1. The van der Waals surface area contributed by atoms with E-state index in [1.807, 2.05) is 41.8 Å². The number of rotatable bonds is 4. The number of aliphatic carboxylic acids is 1. The molecule has 2 nitrogen and oxygen atoms in total. The Morgan fingerprint density at radius 3 is 2.50 bits per heavy atom. The molecule has 92 valence electrons. The molecular weight excluding hydrogens is 244 g/mol. The summed E-state index contributed by atoms with van der Waals surface area (Å²) in [5.41, 5.74) is 1.90. The van der Waals surface area contributed by atoms with E-state index in [1.165, 1.54) is 4.88 Å². The lowest BCUT2D eigenvalue weighted by Crippen LogP contribution is -2.06. The Morgan fingerprint density at radius 2 is 1.94 bits per heavy atom. The van der Waals surface area contributed by atoms with Gasteiger partial charge in [-0.25, -0.2) is 0 Å². The van der Waals surface area contributed by atoms with E-state index in [0.717, 1.165) is 11.1 Å². The first-order valence-electron chi connectivity index (χ1n) is 5.71. The van der Waals surface area contributed by atoms with Crippen LogP contribution in [0.5, 0.6) is 0 Å². The molecule has 2 rings (SSSR count). The molecule has 1 unspecified atom stereocenters. The van der Waals surface area contributed by atoms with Crippen LogP contribution in [0.3, 0.4) is 0 Å². The van der Waals surface area contributed by atoms with Crippen LogP contribution in [0, 0.1) is 0 Å². The fraction of sp³-hybridized carbons (Fsp3) is 0.133. The summed E-state index contributed by atoms with van der Waals surface area (Å²) in [6.45, 7) is 1.69. The van der Waals surface area contributed by atoms with Crippen molar-refractivity contribution in [2.45, 2.75) is 12.8 Å². The van der Waals surface area contributed by atoms with E-state index in [9.17, 15) is 4.79 Å². The van der Waals surface area contributed by atoms with Crippen molar-refractivity contribution in [3.05, 3.63) is 57.8 Å². The fourth-order valence-corrected chi connectivity index (χ4v) is 2.22. The predicted octanol–water partition coefficient (Wildman–Crippen LogP) is 4.11. The minimum absolute atomic E-state index is 0.458. The van der Waals surface area contributed by atoms with Crippen molar-refractivity contribution in [1.82, 2.24) is 0 Å². The van der Waals surface area contributed by atoms with Crippen molar-refractivity contribution in [2.75, 3.05) is 0 Å². The van der Waals surface area contributed by atoms with E-state index < -0.39 is 11.9 Å². The van der Waals surface area contributed by atoms with Gasteiger partial charge in [0.1, 0.15) is 0 Å². The van der Waals surface area contributed by atoms with E-state index >= 15 is 0 Å². The van der Waals surface area contributed by atoms with Gasteiger partial charge in [-0.2, -0.15) is 0 Å². The van der Waals surface area contributed by atoms with Crippen LogP contribution in [0.15, 0.2) is 41.8 Å². The van der Waals surface area contributed by atoms with E-state index in [2.05, 4.69) is 12.1 Å². The Bertz CT molecular complexity index is 538. The van der Waals surface area contributed by atoms with Gasteiger partial charge in [0, 0.05) is 4.88 Å². The van der Waals surface area contributed by atoms with Crippen LogP contribution >= 0.6 is 11.3 Å². The van der Waals surface area contributed by atoms with Crippen molar-refractivity contribution in [3.63, 3.8) is 0 Å². The summed E-state index contributed by atoms with van der Waals surface area (Å²) >= 11 is 1.69. The first kappa shape index (κ1) is 12.6. The fourth-order valence-electron chi connectivity index (χ4n) is 1.60. The average Bonchev–Trinajstić information content (AvgIpc) is 2.89. The van der Waals surface area contributed by atoms with E-state index in [0.29, 0.717) is 0 Å². The van der Waals surface area contributed by atoms with Crippen LogP contribution in [0.2, 0.25) is 0 Å². The molecule has 0 aliphatic carbocycles. The summed E-state index contributed by atoms with van der Waals surface area (Å²) < 4.78 is 0. The maximum Gasteiger partial charge on any atom is 0.310 e. The molecule has 1 N–H and O–H groups in total. The molecule has 0 spiro atoms. The topological polar surface area (TPSA) is 37.3 Å². The molecule has 1 atom stereocenters.